The predicted octanol–water partition coefficient (Wildman–Crippen LogP) is 0.137. The lowest BCUT2D eigenvalue weighted by atomic mass is 9.99. The van der Waals surface area contributed by atoms with Crippen LogP contribution in [0.5, 0.6) is 0 Å². The van der Waals surface area contributed by atoms with Crippen LogP contribution < -0.4 is 10.0 Å². The molecule has 1 aliphatic heterocycles. The van der Waals surface area contributed by atoms with Gasteiger partial charge >= 0.3 is 0 Å². The maximum atomic E-state index is 12.4. The van der Waals surface area contributed by atoms with Crippen LogP contribution in [0.1, 0.15) is 12.8 Å². The molecule has 7 nitrogen and oxygen atoms in total. The van der Waals surface area contributed by atoms with Crippen LogP contribution in [0.2, 0.25) is 0 Å². The van der Waals surface area contributed by atoms with Crippen LogP contribution in [0, 0.1) is 0 Å². The molecule has 1 aromatic carbocycles. The highest BCUT2D eigenvalue weighted by atomic mass is 32.2. The molecule has 0 aliphatic carbocycles. The Balaban J connectivity index is 2.19. The van der Waals surface area contributed by atoms with Crippen LogP contribution >= 0.6 is 0 Å². The van der Waals surface area contributed by atoms with Crippen molar-refractivity contribution in [1.29, 1.82) is 0 Å². The second kappa shape index (κ2) is 6.86. The summed E-state index contributed by atoms with van der Waals surface area (Å²) in [5.74, 6) is 0. The van der Waals surface area contributed by atoms with Crippen LogP contribution in [-0.4, -0.2) is 55.4 Å². The second-order valence-electron chi connectivity index (χ2n) is 5.82. The molecule has 1 fully saturated rings. The Hall–Kier alpha value is -1.00. The molecule has 2 N–H and O–H groups in total. The first-order valence-electron chi connectivity index (χ1n) is 7.22. The van der Waals surface area contributed by atoms with E-state index in [1.807, 2.05) is 0 Å². The third-order valence-corrected chi connectivity index (χ3v) is 6.41. The first-order chi connectivity index (χ1) is 10.7. The third kappa shape index (κ3) is 4.51. The van der Waals surface area contributed by atoms with Crippen LogP contribution in [0.4, 0.5) is 0 Å². The summed E-state index contributed by atoms with van der Waals surface area (Å²) < 4.78 is 55.8. The van der Waals surface area contributed by atoms with Crippen molar-refractivity contribution >= 4 is 19.9 Å². The van der Waals surface area contributed by atoms with Gasteiger partial charge in [0.15, 0.2) is 9.84 Å². The molecule has 1 saturated heterocycles. The molecule has 1 unspecified atom stereocenters. The zero-order valence-electron chi connectivity index (χ0n) is 13.2. The number of sulfone groups is 1. The molecule has 23 heavy (non-hydrogen) atoms. The normalized spacial score (nSPS) is 22.3. The second-order valence-corrected chi connectivity index (χ2v) is 9.60. The number of benzene rings is 1. The fourth-order valence-electron chi connectivity index (χ4n) is 2.66. The summed E-state index contributed by atoms with van der Waals surface area (Å²) in [5.41, 5.74) is -0.420. The maximum Gasteiger partial charge on any atom is 0.240 e. The average molecular weight is 362 g/mol. The van der Waals surface area contributed by atoms with Gasteiger partial charge < -0.3 is 10.1 Å². The Morgan fingerprint density at radius 1 is 1.26 bits per heavy atom. The van der Waals surface area contributed by atoms with Crippen molar-refractivity contribution in [2.75, 3.05) is 33.1 Å². The van der Waals surface area contributed by atoms with Gasteiger partial charge in [0.05, 0.1) is 21.9 Å². The third-order valence-electron chi connectivity index (χ3n) is 3.90. The molecule has 1 aliphatic rings. The standard InChI is InChI=1S/C14H22N2O5S2/c1-21-11-14(7-4-8-15-14)10-16-23(19,20)13-6-3-5-12(9-13)22(2,17)18/h3,5-6,9,15-16H,4,7-8,10-11H2,1-2H3. The van der Waals surface area contributed by atoms with Crippen molar-refractivity contribution in [3.05, 3.63) is 24.3 Å². The molecule has 130 valence electrons. The van der Waals surface area contributed by atoms with E-state index in [-0.39, 0.29) is 16.3 Å². The van der Waals surface area contributed by atoms with Gasteiger partial charge in [0.1, 0.15) is 0 Å². The number of hydrogen-bond acceptors (Lipinski definition) is 6. The van der Waals surface area contributed by atoms with Crippen molar-refractivity contribution in [2.45, 2.75) is 28.2 Å². The summed E-state index contributed by atoms with van der Waals surface area (Å²) in [6.45, 7) is 1.40. The van der Waals surface area contributed by atoms with Gasteiger partial charge in [-0.25, -0.2) is 21.6 Å². The van der Waals surface area contributed by atoms with Crippen molar-refractivity contribution in [1.82, 2.24) is 10.0 Å². The first kappa shape index (κ1) is 18.3. The van der Waals surface area contributed by atoms with Gasteiger partial charge in [0, 0.05) is 19.9 Å². The molecule has 0 radical (unpaired) electrons. The quantitative estimate of drug-likeness (QED) is 0.715. The van der Waals surface area contributed by atoms with E-state index in [4.69, 9.17) is 4.74 Å². The van der Waals surface area contributed by atoms with Crippen molar-refractivity contribution in [2.24, 2.45) is 0 Å². The average Bonchev–Trinajstić information content (AvgIpc) is 2.94. The summed E-state index contributed by atoms with van der Waals surface area (Å²) in [5, 5.41) is 3.28. The predicted molar refractivity (Wildman–Crippen MR) is 86.6 cm³/mol. The van der Waals surface area contributed by atoms with Crippen molar-refractivity contribution < 1.29 is 21.6 Å². The highest BCUT2D eigenvalue weighted by Gasteiger charge is 2.34. The van der Waals surface area contributed by atoms with Gasteiger partial charge in [-0.05, 0) is 37.6 Å². The van der Waals surface area contributed by atoms with Gasteiger partial charge in [-0.2, -0.15) is 0 Å². The van der Waals surface area contributed by atoms with E-state index in [2.05, 4.69) is 10.0 Å². The minimum atomic E-state index is -3.80. The molecule has 1 heterocycles. The molecule has 0 spiro atoms. The fraction of sp³-hybridized carbons (Fsp3) is 0.571. The van der Waals surface area contributed by atoms with Crippen LogP contribution in [0.15, 0.2) is 34.1 Å². The Morgan fingerprint density at radius 2 is 1.96 bits per heavy atom. The van der Waals surface area contributed by atoms with Gasteiger partial charge in [-0.3, -0.25) is 0 Å². The van der Waals surface area contributed by atoms with Crippen LogP contribution in [0.25, 0.3) is 0 Å². The smallest absolute Gasteiger partial charge is 0.240 e. The largest absolute Gasteiger partial charge is 0.383 e. The van der Waals surface area contributed by atoms with Gasteiger partial charge in [-0.1, -0.05) is 6.07 Å². The van der Waals surface area contributed by atoms with E-state index in [9.17, 15) is 16.8 Å². The number of rotatable bonds is 7. The molecule has 0 amide bonds. The van der Waals surface area contributed by atoms with E-state index in [0.717, 1.165) is 25.6 Å². The van der Waals surface area contributed by atoms with Crippen LogP contribution in [-0.2, 0) is 24.6 Å². The summed E-state index contributed by atoms with van der Waals surface area (Å²) in [6.07, 6.45) is 2.81. The molecule has 0 bridgehead atoms. The van der Waals surface area contributed by atoms with E-state index in [1.54, 1.807) is 7.11 Å². The van der Waals surface area contributed by atoms with Gasteiger partial charge in [-0.15, -0.1) is 0 Å². The molecule has 2 rings (SSSR count). The lowest BCUT2D eigenvalue weighted by molar-refractivity contribution is 0.122. The van der Waals surface area contributed by atoms with E-state index < -0.39 is 25.4 Å². The maximum absolute atomic E-state index is 12.4. The van der Waals surface area contributed by atoms with E-state index >= 15 is 0 Å². The summed E-state index contributed by atoms with van der Waals surface area (Å²) in [4.78, 5) is -0.0861. The summed E-state index contributed by atoms with van der Waals surface area (Å²) >= 11 is 0. The van der Waals surface area contributed by atoms with E-state index in [0.29, 0.717) is 6.61 Å². The lowest BCUT2D eigenvalue weighted by Crippen LogP contribution is -2.52. The Morgan fingerprint density at radius 3 is 2.52 bits per heavy atom. The Bertz CT molecular complexity index is 753. The first-order valence-corrected chi connectivity index (χ1v) is 10.6. The molecule has 1 aromatic rings. The fourth-order valence-corrected chi connectivity index (χ4v) is 4.57. The number of nitrogens with one attached hydrogen (secondary N) is 2. The Labute approximate surface area is 137 Å². The molecule has 0 aromatic heterocycles. The van der Waals surface area contributed by atoms with Crippen molar-refractivity contribution in [3.8, 4) is 0 Å². The summed E-state index contributed by atoms with van der Waals surface area (Å²) in [7, 11) is -5.68. The lowest BCUT2D eigenvalue weighted by Gasteiger charge is -2.28. The van der Waals surface area contributed by atoms with Crippen LogP contribution in [0.3, 0.4) is 0 Å². The topological polar surface area (TPSA) is 102 Å². The van der Waals surface area contributed by atoms with E-state index in [1.165, 1.54) is 24.3 Å². The number of hydrogen-bond donors (Lipinski definition) is 2. The Kier molecular flexibility index (Phi) is 5.47. The molecule has 1 atom stereocenters. The monoisotopic (exact) mass is 362 g/mol. The highest BCUT2D eigenvalue weighted by Crippen LogP contribution is 2.21. The van der Waals surface area contributed by atoms with Gasteiger partial charge in [0.25, 0.3) is 0 Å². The number of ether oxygens (including phenoxy) is 1. The molecular formula is C14H22N2O5S2. The zero-order chi connectivity index (χ0) is 17.1. The zero-order valence-corrected chi connectivity index (χ0v) is 14.8. The molecule has 0 saturated carbocycles. The summed E-state index contributed by atoms with van der Waals surface area (Å²) in [6, 6.07) is 5.34. The number of methoxy groups -OCH3 is 1. The number of sulfonamides is 1. The van der Waals surface area contributed by atoms with Crippen molar-refractivity contribution in [3.63, 3.8) is 0 Å². The van der Waals surface area contributed by atoms with Gasteiger partial charge in [0.2, 0.25) is 10.0 Å². The molecular weight excluding hydrogens is 340 g/mol. The highest BCUT2D eigenvalue weighted by molar-refractivity contribution is 7.91. The molecule has 9 heteroatoms. The minimum Gasteiger partial charge on any atom is -0.383 e. The minimum absolute atomic E-state index is 0.0222. The SMILES string of the molecule is COCC1(CNS(=O)(=O)c2cccc(S(C)(=O)=O)c2)CCCN1.